The number of rotatable bonds is 2. The van der Waals surface area contributed by atoms with E-state index in [0.717, 1.165) is 16.9 Å². The normalized spacial score (nSPS) is 12.1. The van der Waals surface area contributed by atoms with Gasteiger partial charge >= 0.3 is 0 Å². The molecule has 1 aromatic carbocycles. The molecule has 126 valence electrons. The van der Waals surface area contributed by atoms with Crippen LogP contribution < -0.4 is 10.1 Å². The van der Waals surface area contributed by atoms with E-state index in [1.807, 2.05) is 36.5 Å². The van der Waals surface area contributed by atoms with E-state index in [0.29, 0.717) is 12.1 Å². The number of hydrogen-bond donors (Lipinski definition) is 1. The van der Waals surface area contributed by atoms with E-state index in [2.05, 4.69) is 59.0 Å². The fraction of sp³-hybridized carbons (Fsp3) is 0.238. The van der Waals surface area contributed by atoms with E-state index in [9.17, 15) is 4.79 Å². The van der Waals surface area contributed by atoms with Crippen LogP contribution in [-0.2, 0) is 12.0 Å². The molecule has 0 atom stereocenters. The standard InChI is InChI=1S/C21H21N3O/c1-21(2,3)17-13-16-19(20(25)22-17)24(14-15-9-5-4-6-10-15)18-11-7-8-12-23(16)18/h4-13H,14H2,1-3H3/p+1. The van der Waals surface area contributed by atoms with Gasteiger partial charge in [-0.15, -0.1) is 0 Å². The van der Waals surface area contributed by atoms with Gasteiger partial charge in [-0.2, -0.15) is 4.40 Å². The van der Waals surface area contributed by atoms with Crippen LogP contribution in [0, 0.1) is 0 Å². The first-order valence-electron chi connectivity index (χ1n) is 8.55. The number of nitrogens with zero attached hydrogens (tertiary/aromatic N) is 2. The van der Waals surface area contributed by atoms with E-state index >= 15 is 0 Å². The molecule has 0 saturated heterocycles. The Balaban J connectivity index is 2.06. The summed E-state index contributed by atoms with van der Waals surface area (Å²) in [6, 6.07) is 18.4. The van der Waals surface area contributed by atoms with Crippen molar-refractivity contribution in [3.63, 3.8) is 0 Å². The minimum Gasteiger partial charge on any atom is -0.322 e. The van der Waals surface area contributed by atoms with Gasteiger partial charge in [-0.05, 0) is 11.6 Å². The average Bonchev–Trinajstić information content (AvgIpc) is 2.90. The van der Waals surface area contributed by atoms with Crippen LogP contribution in [0.4, 0.5) is 0 Å². The SMILES string of the molecule is CC(C)(C)c1cc2c(c(=O)[nH]1)[n+](Cc1ccccc1)c1ccccn21. The summed E-state index contributed by atoms with van der Waals surface area (Å²) in [5.41, 5.74) is 4.63. The molecule has 0 aliphatic carbocycles. The number of benzene rings is 1. The molecule has 3 heterocycles. The van der Waals surface area contributed by atoms with Crippen LogP contribution in [0.5, 0.6) is 0 Å². The Kier molecular flexibility index (Phi) is 3.49. The van der Waals surface area contributed by atoms with Crippen LogP contribution in [0.2, 0.25) is 0 Å². The van der Waals surface area contributed by atoms with E-state index < -0.39 is 0 Å². The second-order valence-electron chi connectivity index (χ2n) is 7.50. The third-order valence-electron chi connectivity index (χ3n) is 4.62. The fourth-order valence-electron chi connectivity index (χ4n) is 3.29. The van der Waals surface area contributed by atoms with E-state index in [-0.39, 0.29) is 11.0 Å². The molecule has 0 aliphatic rings. The highest BCUT2D eigenvalue weighted by molar-refractivity contribution is 5.75. The summed E-state index contributed by atoms with van der Waals surface area (Å²) >= 11 is 0. The summed E-state index contributed by atoms with van der Waals surface area (Å²) in [5, 5.41) is 0. The number of imidazole rings is 1. The van der Waals surface area contributed by atoms with Crippen LogP contribution in [0.1, 0.15) is 32.0 Å². The maximum Gasteiger partial charge on any atom is 0.299 e. The molecule has 4 heteroatoms. The van der Waals surface area contributed by atoms with Crippen molar-refractivity contribution in [2.75, 3.05) is 0 Å². The molecule has 4 nitrogen and oxygen atoms in total. The minimum atomic E-state index is -0.115. The van der Waals surface area contributed by atoms with Gasteiger partial charge in [-0.25, -0.2) is 4.57 Å². The minimum absolute atomic E-state index is 0.0398. The third kappa shape index (κ3) is 2.64. The second kappa shape index (κ2) is 5.59. The smallest absolute Gasteiger partial charge is 0.299 e. The molecule has 0 spiro atoms. The van der Waals surface area contributed by atoms with Gasteiger partial charge in [0.15, 0.2) is 5.52 Å². The van der Waals surface area contributed by atoms with Gasteiger partial charge in [-0.1, -0.05) is 57.2 Å². The van der Waals surface area contributed by atoms with Gasteiger partial charge in [0.05, 0.1) is 6.20 Å². The lowest BCUT2D eigenvalue weighted by Gasteiger charge is -2.17. The molecule has 0 bridgehead atoms. The predicted octanol–water partition coefficient (Wildman–Crippen LogP) is 3.41. The Bertz CT molecular complexity index is 1120. The van der Waals surface area contributed by atoms with E-state index in [1.165, 1.54) is 5.56 Å². The van der Waals surface area contributed by atoms with Gasteiger partial charge in [-0.3, -0.25) is 4.79 Å². The first kappa shape index (κ1) is 15.6. The Morgan fingerprint density at radius 2 is 1.76 bits per heavy atom. The molecule has 25 heavy (non-hydrogen) atoms. The second-order valence-corrected chi connectivity index (χ2v) is 7.50. The summed E-state index contributed by atoms with van der Waals surface area (Å²) in [6.07, 6.45) is 2.02. The number of aromatic nitrogens is 3. The zero-order chi connectivity index (χ0) is 17.6. The number of fused-ring (bicyclic) bond motifs is 3. The maximum absolute atomic E-state index is 12.9. The monoisotopic (exact) mass is 332 g/mol. The number of nitrogens with one attached hydrogen (secondary N) is 1. The van der Waals surface area contributed by atoms with Crippen molar-refractivity contribution in [2.45, 2.75) is 32.7 Å². The molecule has 0 aliphatic heterocycles. The summed E-state index contributed by atoms with van der Waals surface area (Å²) in [6.45, 7) is 6.99. The van der Waals surface area contributed by atoms with Gasteiger partial charge in [0.25, 0.3) is 11.2 Å². The lowest BCUT2D eigenvalue weighted by molar-refractivity contribution is -0.637. The van der Waals surface area contributed by atoms with Crippen LogP contribution in [0.15, 0.2) is 65.6 Å². The number of H-pyrrole nitrogens is 1. The van der Waals surface area contributed by atoms with Crippen molar-refractivity contribution in [1.29, 1.82) is 0 Å². The van der Waals surface area contributed by atoms with Crippen LogP contribution in [0.25, 0.3) is 16.7 Å². The third-order valence-corrected chi connectivity index (χ3v) is 4.62. The molecular weight excluding hydrogens is 310 g/mol. The summed E-state index contributed by atoms with van der Waals surface area (Å²) < 4.78 is 4.19. The Hall–Kier alpha value is -2.88. The Labute approximate surface area is 146 Å². The first-order valence-corrected chi connectivity index (χ1v) is 8.55. The molecule has 0 amide bonds. The van der Waals surface area contributed by atoms with E-state index in [1.54, 1.807) is 0 Å². The number of pyridine rings is 2. The fourth-order valence-corrected chi connectivity index (χ4v) is 3.29. The largest absolute Gasteiger partial charge is 0.322 e. The van der Waals surface area contributed by atoms with Crippen molar-refractivity contribution in [3.05, 3.63) is 82.4 Å². The Morgan fingerprint density at radius 1 is 1.04 bits per heavy atom. The van der Waals surface area contributed by atoms with Gasteiger partial charge in [0, 0.05) is 23.2 Å². The maximum atomic E-state index is 12.9. The molecule has 3 aromatic heterocycles. The predicted molar refractivity (Wildman–Crippen MR) is 100.0 cm³/mol. The number of aromatic amines is 1. The highest BCUT2D eigenvalue weighted by atomic mass is 16.1. The molecule has 1 N–H and O–H groups in total. The Morgan fingerprint density at radius 3 is 2.48 bits per heavy atom. The first-order chi connectivity index (χ1) is 11.9. The molecule has 4 rings (SSSR count). The van der Waals surface area contributed by atoms with Gasteiger partial charge < -0.3 is 4.98 Å². The lowest BCUT2D eigenvalue weighted by atomic mass is 9.91. The quantitative estimate of drug-likeness (QED) is 0.562. The number of hydrogen-bond acceptors (Lipinski definition) is 1. The van der Waals surface area contributed by atoms with E-state index in [4.69, 9.17) is 0 Å². The van der Waals surface area contributed by atoms with Crippen molar-refractivity contribution < 1.29 is 4.57 Å². The molecule has 4 aromatic rings. The molecule has 0 radical (unpaired) electrons. The molecule has 0 unspecified atom stereocenters. The topological polar surface area (TPSA) is 41.2 Å². The zero-order valence-corrected chi connectivity index (χ0v) is 14.8. The molecule has 0 saturated carbocycles. The van der Waals surface area contributed by atoms with Crippen molar-refractivity contribution in [2.24, 2.45) is 0 Å². The van der Waals surface area contributed by atoms with Crippen molar-refractivity contribution in [1.82, 2.24) is 9.38 Å². The zero-order valence-electron chi connectivity index (χ0n) is 14.8. The van der Waals surface area contributed by atoms with Gasteiger partial charge in [0.1, 0.15) is 6.54 Å². The van der Waals surface area contributed by atoms with Gasteiger partial charge in [0.2, 0.25) is 5.52 Å². The highest BCUT2D eigenvalue weighted by Gasteiger charge is 2.25. The lowest BCUT2D eigenvalue weighted by Crippen LogP contribution is -2.38. The average molecular weight is 332 g/mol. The molecule has 0 fully saturated rings. The summed E-state index contributed by atoms with van der Waals surface area (Å²) in [7, 11) is 0. The van der Waals surface area contributed by atoms with Crippen molar-refractivity contribution in [3.8, 4) is 0 Å². The van der Waals surface area contributed by atoms with Crippen LogP contribution in [0.3, 0.4) is 0 Å². The highest BCUT2D eigenvalue weighted by Crippen LogP contribution is 2.22. The van der Waals surface area contributed by atoms with Crippen molar-refractivity contribution >= 4 is 16.7 Å². The molecular formula is C21H22N3O+. The van der Waals surface area contributed by atoms with Crippen LogP contribution in [-0.4, -0.2) is 9.38 Å². The van der Waals surface area contributed by atoms with Crippen LogP contribution >= 0.6 is 0 Å². The summed E-state index contributed by atoms with van der Waals surface area (Å²) in [5.74, 6) is 0. The summed E-state index contributed by atoms with van der Waals surface area (Å²) in [4.78, 5) is 16.0.